The molecule has 5 nitrogen and oxygen atoms in total. The first-order chi connectivity index (χ1) is 13.4. The molecule has 0 saturated carbocycles. The summed E-state index contributed by atoms with van der Waals surface area (Å²) < 4.78 is 25.1. The van der Waals surface area contributed by atoms with E-state index in [1.165, 1.54) is 35.9 Å². The highest BCUT2D eigenvalue weighted by Crippen LogP contribution is 2.35. The third kappa shape index (κ3) is 3.60. The topological polar surface area (TPSA) is 57.5 Å². The number of hydrogen-bond donors (Lipinski definition) is 0. The highest BCUT2D eigenvalue weighted by Gasteiger charge is 2.23. The summed E-state index contributed by atoms with van der Waals surface area (Å²) in [6.45, 7) is 3.74. The van der Waals surface area contributed by atoms with Gasteiger partial charge >= 0.3 is 5.97 Å². The number of nitrogens with zero attached hydrogens (tertiary/aromatic N) is 1. The van der Waals surface area contributed by atoms with Crippen LogP contribution in [0.4, 0.5) is 4.39 Å². The fraction of sp³-hybridized carbons (Fsp3) is 0.238. The van der Waals surface area contributed by atoms with Gasteiger partial charge < -0.3 is 9.47 Å². The molecule has 1 aromatic heterocycles. The van der Waals surface area contributed by atoms with Gasteiger partial charge in [0.2, 0.25) is 0 Å². The smallest absolute Gasteiger partial charge is 0.310 e. The Morgan fingerprint density at radius 3 is 2.46 bits per heavy atom. The van der Waals surface area contributed by atoms with Crippen LogP contribution in [0.3, 0.4) is 0 Å². The van der Waals surface area contributed by atoms with Crippen molar-refractivity contribution in [2.24, 2.45) is 0 Å². The normalized spacial score (nSPS) is 10.9. The van der Waals surface area contributed by atoms with Gasteiger partial charge in [-0.25, -0.2) is 4.39 Å². The van der Waals surface area contributed by atoms with Crippen LogP contribution in [-0.4, -0.2) is 30.2 Å². The molecule has 0 radical (unpaired) electrons. The van der Waals surface area contributed by atoms with E-state index in [4.69, 9.17) is 21.1 Å². The van der Waals surface area contributed by atoms with Gasteiger partial charge in [-0.05, 0) is 55.8 Å². The number of halogens is 2. The quantitative estimate of drug-likeness (QED) is 0.587. The number of methoxy groups -OCH3 is 1. The molecule has 0 fully saturated rings. The lowest BCUT2D eigenvalue weighted by Gasteiger charge is -2.08. The van der Waals surface area contributed by atoms with Crippen molar-refractivity contribution in [1.82, 2.24) is 4.57 Å². The molecule has 0 spiro atoms. The van der Waals surface area contributed by atoms with E-state index in [2.05, 4.69) is 0 Å². The highest BCUT2D eigenvalue weighted by atomic mass is 35.5. The number of benzene rings is 2. The molecule has 0 bridgehead atoms. The Labute approximate surface area is 166 Å². The largest absolute Gasteiger partial charge is 0.495 e. The minimum Gasteiger partial charge on any atom is -0.495 e. The molecule has 0 aliphatic heterocycles. The second-order valence-corrected chi connectivity index (χ2v) is 6.60. The third-order valence-corrected chi connectivity index (χ3v) is 4.82. The fourth-order valence-corrected chi connectivity index (χ4v) is 3.43. The van der Waals surface area contributed by atoms with Crippen molar-refractivity contribution >= 4 is 34.4 Å². The Hall–Kier alpha value is -2.86. The number of carbonyl (C=O) groups excluding carboxylic acids is 2. The van der Waals surface area contributed by atoms with E-state index in [1.807, 2.05) is 0 Å². The molecule has 0 N–H and O–H groups in total. The average Bonchev–Trinajstić information content (AvgIpc) is 2.92. The van der Waals surface area contributed by atoms with E-state index in [1.54, 1.807) is 26.0 Å². The predicted octanol–water partition coefficient (Wildman–Crippen LogP) is 4.54. The van der Waals surface area contributed by atoms with Crippen LogP contribution in [0.2, 0.25) is 5.02 Å². The molecule has 146 valence electrons. The number of hydrogen-bond acceptors (Lipinski definition) is 4. The van der Waals surface area contributed by atoms with E-state index < -0.39 is 11.8 Å². The first-order valence-corrected chi connectivity index (χ1v) is 9.08. The Morgan fingerprint density at radius 2 is 1.86 bits per heavy atom. The molecule has 7 heteroatoms. The second kappa shape index (κ2) is 8.02. The second-order valence-electron chi connectivity index (χ2n) is 6.20. The highest BCUT2D eigenvalue weighted by molar-refractivity contribution is 6.33. The molecule has 1 heterocycles. The van der Waals surface area contributed by atoms with Gasteiger partial charge in [0.25, 0.3) is 5.91 Å². The molecule has 0 atom stereocenters. The van der Waals surface area contributed by atoms with Crippen LogP contribution in [0.1, 0.15) is 28.5 Å². The average molecular weight is 404 g/mol. The third-order valence-electron chi connectivity index (χ3n) is 4.53. The SMILES string of the molecule is CCOC(=O)Cc1c(C)n(C(=O)c2ccc(F)cc2)c2cc(Cl)c(OC)cc12. The van der Waals surface area contributed by atoms with Crippen LogP contribution >= 0.6 is 11.6 Å². The maximum absolute atomic E-state index is 13.2. The maximum atomic E-state index is 13.2. The van der Waals surface area contributed by atoms with Gasteiger partial charge in [-0.15, -0.1) is 0 Å². The summed E-state index contributed by atoms with van der Waals surface area (Å²) in [4.78, 5) is 25.2. The molecular formula is C21H19ClFNO4. The Balaban J connectivity index is 2.22. The van der Waals surface area contributed by atoms with Crippen molar-refractivity contribution in [3.05, 3.63) is 64.1 Å². The summed E-state index contributed by atoms with van der Waals surface area (Å²) in [6, 6.07) is 8.61. The van der Waals surface area contributed by atoms with Gasteiger partial charge in [0.05, 0.1) is 30.7 Å². The van der Waals surface area contributed by atoms with Gasteiger partial charge in [-0.1, -0.05) is 11.6 Å². The van der Waals surface area contributed by atoms with Crippen LogP contribution < -0.4 is 4.74 Å². The molecule has 0 saturated heterocycles. The van der Waals surface area contributed by atoms with Crippen LogP contribution in [0.15, 0.2) is 36.4 Å². The number of rotatable bonds is 5. The van der Waals surface area contributed by atoms with Gasteiger partial charge in [0.15, 0.2) is 0 Å². The Kier molecular flexibility index (Phi) is 5.70. The summed E-state index contributed by atoms with van der Waals surface area (Å²) in [5, 5.41) is 1.01. The van der Waals surface area contributed by atoms with Crippen molar-refractivity contribution < 1.29 is 23.5 Å². The molecule has 2 aromatic carbocycles. The molecule has 0 aliphatic rings. The number of fused-ring (bicyclic) bond motifs is 1. The number of ether oxygens (including phenoxy) is 2. The number of esters is 1. The first-order valence-electron chi connectivity index (χ1n) is 8.70. The van der Waals surface area contributed by atoms with E-state index >= 15 is 0 Å². The van der Waals surface area contributed by atoms with Crippen LogP contribution in [0.5, 0.6) is 5.75 Å². The Bertz CT molecular complexity index is 1060. The van der Waals surface area contributed by atoms with Gasteiger partial charge in [-0.3, -0.25) is 14.2 Å². The minimum atomic E-state index is -0.429. The molecule has 0 amide bonds. The molecule has 28 heavy (non-hydrogen) atoms. The van der Waals surface area contributed by atoms with Crippen LogP contribution in [0.25, 0.3) is 10.9 Å². The summed E-state index contributed by atoms with van der Waals surface area (Å²) in [5.41, 5.74) is 2.09. The molecular weight excluding hydrogens is 385 g/mol. The zero-order valence-electron chi connectivity index (χ0n) is 15.7. The monoisotopic (exact) mass is 403 g/mol. The fourth-order valence-electron chi connectivity index (χ4n) is 3.20. The van der Waals surface area contributed by atoms with Crippen molar-refractivity contribution in [3.63, 3.8) is 0 Å². The maximum Gasteiger partial charge on any atom is 0.310 e. The standard InChI is InChI=1S/C21H19ClFNO4/c1-4-28-20(25)10-15-12(2)24(21(26)13-5-7-14(23)8-6-13)18-11-17(22)19(27-3)9-16(15)18/h5-9,11H,4,10H2,1-3H3. The lowest BCUT2D eigenvalue weighted by molar-refractivity contribution is -0.142. The van der Waals surface area contributed by atoms with Crippen molar-refractivity contribution in [3.8, 4) is 5.75 Å². The first kappa shape index (κ1) is 19.9. The lowest BCUT2D eigenvalue weighted by atomic mass is 10.1. The number of aromatic nitrogens is 1. The molecule has 3 aromatic rings. The van der Waals surface area contributed by atoms with E-state index in [0.29, 0.717) is 38.5 Å². The van der Waals surface area contributed by atoms with E-state index in [-0.39, 0.29) is 18.9 Å². The van der Waals surface area contributed by atoms with Gasteiger partial charge in [-0.2, -0.15) is 0 Å². The molecule has 0 aliphatic carbocycles. The van der Waals surface area contributed by atoms with E-state index in [0.717, 1.165) is 0 Å². The van der Waals surface area contributed by atoms with Crippen molar-refractivity contribution in [2.45, 2.75) is 20.3 Å². The zero-order valence-corrected chi connectivity index (χ0v) is 16.5. The summed E-state index contributed by atoms with van der Waals surface area (Å²) in [5.74, 6) is -0.737. The van der Waals surface area contributed by atoms with Crippen molar-refractivity contribution in [2.75, 3.05) is 13.7 Å². The minimum absolute atomic E-state index is 0.00462. The summed E-state index contributed by atoms with van der Waals surface area (Å²) in [6.07, 6.45) is 0.00462. The summed E-state index contributed by atoms with van der Waals surface area (Å²) >= 11 is 6.27. The van der Waals surface area contributed by atoms with Crippen LogP contribution in [-0.2, 0) is 16.0 Å². The lowest BCUT2D eigenvalue weighted by Crippen LogP contribution is -2.14. The van der Waals surface area contributed by atoms with Crippen molar-refractivity contribution in [1.29, 1.82) is 0 Å². The predicted molar refractivity (Wildman–Crippen MR) is 105 cm³/mol. The van der Waals surface area contributed by atoms with Gasteiger partial charge in [0, 0.05) is 16.6 Å². The van der Waals surface area contributed by atoms with E-state index in [9.17, 15) is 14.0 Å². The summed E-state index contributed by atoms with van der Waals surface area (Å²) in [7, 11) is 1.49. The van der Waals surface area contributed by atoms with Crippen LogP contribution in [0, 0.1) is 12.7 Å². The molecule has 3 rings (SSSR count). The number of carbonyl (C=O) groups is 2. The van der Waals surface area contributed by atoms with Gasteiger partial charge in [0.1, 0.15) is 11.6 Å². The Morgan fingerprint density at radius 1 is 1.18 bits per heavy atom. The molecule has 0 unspecified atom stereocenters. The zero-order chi connectivity index (χ0) is 20.4.